The third-order valence-electron chi connectivity index (χ3n) is 2.99. The highest BCUT2D eigenvalue weighted by Gasteiger charge is 2.22. The van der Waals surface area contributed by atoms with Crippen LogP contribution < -0.4 is 10.5 Å². The SMILES string of the molecule is CCOc1cccc(N)c1C(=O)N(CCOC)CCOC. The highest BCUT2D eigenvalue weighted by molar-refractivity contribution is 6.01. The number of hydrogen-bond acceptors (Lipinski definition) is 5. The predicted molar refractivity (Wildman–Crippen MR) is 81.7 cm³/mol. The van der Waals surface area contributed by atoms with E-state index in [9.17, 15) is 4.79 Å². The maximum Gasteiger partial charge on any atom is 0.259 e. The second kappa shape index (κ2) is 9.20. The van der Waals surface area contributed by atoms with Gasteiger partial charge in [0.15, 0.2) is 0 Å². The molecular weight excluding hydrogens is 272 g/mol. The molecule has 0 spiro atoms. The standard InChI is InChI=1S/C15H24N2O4/c1-4-21-13-7-5-6-12(16)14(13)15(18)17(8-10-19-2)9-11-20-3/h5-7H,4,8-11,16H2,1-3H3. The van der Waals surface area contributed by atoms with Gasteiger partial charge in [-0.25, -0.2) is 0 Å². The molecular formula is C15H24N2O4. The minimum absolute atomic E-state index is 0.175. The molecule has 0 unspecified atom stereocenters. The predicted octanol–water partition coefficient (Wildman–Crippen LogP) is 1.40. The quantitative estimate of drug-likeness (QED) is 0.697. The summed E-state index contributed by atoms with van der Waals surface area (Å²) in [5, 5.41) is 0. The highest BCUT2D eigenvalue weighted by atomic mass is 16.5. The van der Waals surface area contributed by atoms with Gasteiger partial charge < -0.3 is 24.8 Å². The van der Waals surface area contributed by atoms with E-state index in [4.69, 9.17) is 19.9 Å². The molecule has 6 heteroatoms. The molecule has 0 atom stereocenters. The summed E-state index contributed by atoms with van der Waals surface area (Å²) in [4.78, 5) is 14.4. The van der Waals surface area contributed by atoms with Crippen molar-refractivity contribution in [2.45, 2.75) is 6.92 Å². The topological polar surface area (TPSA) is 74.0 Å². The van der Waals surface area contributed by atoms with Crippen molar-refractivity contribution in [3.8, 4) is 5.75 Å². The average molecular weight is 296 g/mol. The summed E-state index contributed by atoms with van der Waals surface area (Å²) in [5.41, 5.74) is 6.76. The summed E-state index contributed by atoms with van der Waals surface area (Å²) in [6, 6.07) is 5.21. The third kappa shape index (κ3) is 4.91. The number of rotatable bonds is 9. The van der Waals surface area contributed by atoms with Gasteiger partial charge in [0.2, 0.25) is 0 Å². The summed E-state index contributed by atoms with van der Waals surface area (Å²) in [6.07, 6.45) is 0. The Morgan fingerprint density at radius 3 is 2.33 bits per heavy atom. The number of anilines is 1. The Morgan fingerprint density at radius 1 is 1.19 bits per heavy atom. The van der Waals surface area contributed by atoms with Gasteiger partial charge in [0.1, 0.15) is 11.3 Å². The van der Waals surface area contributed by atoms with Gasteiger partial charge in [-0.05, 0) is 19.1 Å². The van der Waals surface area contributed by atoms with E-state index in [2.05, 4.69) is 0 Å². The van der Waals surface area contributed by atoms with Crippen LogP contribution in [0.15, 0.2) is 18.2 Å². The van der Waals surface area contributed by atoms with Crippen molar-refractivity contribution in [1.29, 1.82) is 0 Å². The zero-order chi connectivity index (χ0) is 15.7. The molecule has 1 rings (SSSR count). The van der Waals surface area contributed by atoms with Gasteiger partial charge >= 0.3 is 0 Å². The molecule has 1 aromatic rings. The number of nitrogens with two attached hydrogens (primary N) is 1. The Bertz CT molecular complexity index is 443. The Hall–Kier alpha value is -1.79. The van der Waals surface area contributed by atoms with E-state index in [1.54, 1.807) is 37.3 Å². The number of hydrogen-bond donors (Lipinski definition) is 1. The molecule has 2 N–H and O–H groups in total. The molecule has 118 valence electrons. The molecule has 0 heterocycles. The molecule has 0 aliphatic heterocycles. The van der Waals surface area contributed by atoms with Crippen molar-refractivity contribution in [2.24, 2.45) is 0 Å². The van der Waals surface area contributed by atoms with Crippen LogP contribution in [0.4, 0.5) is 5.69 Å². The van der Waals surface area contributed by atoms with E-state index in [0.29, 0.717) is 49.9 Å². The second-order valence-corrected chi connectivity index (χ2v) is 4.43. The number of nitrogen functional groups attached to an aromatic ring is 1. The zero-order valence-electron chi connectivity index (χ0n) is 12.9. The summed E-state index contributed by atoms with van der Waals surface area (Å²) in [6.45, 7) is 4.18. The Morgan fingerprint density at radius 2 is 1.81 bits per heavy atom. The molecule has 0 saturated carbocycles. The average Bonchev–Trinajstić information content (AvgIpc) is 2.47. The third-order valence-corrected chi connectivity index (χ3v) is 2.99. The Balaban J connectivity index is 3.00. The van der Waals surface area contributed by atoms with Gasteiger partial charge in [-0.15, -0.1) is 0 Å². The fraction of sp³-hybridized carbons (Fsp3) is 0.533. The van der Waals surface area contributed by atoms with Crippen LogP contribution in [0, 0.1) is 0 Å². The van der Waals surface area contributed by atoms with Gasteiger partial charge in [-0.2, -0.15) is 0 Å². The van der Waals surface area contributed by atoms with Crippen molar-refractivity contribution in [3.05, 3.63) is 23.8 Å². The first-order valence-corrected chi connectivity index (χ1v) is 6.94. The second-order valence-electron chi connectivity index (χ2n) is 4.43. The van der Waals surface area contributed by atoms with Crippen molar-refractivity contribution in [1.82, 2.24) is 4.90 Å². The Kier molecular flexibility index (Phi) is 7.56. The van der Waals surface area contributed by atoms with Gasteiger partial charge in [0.25, 0.3) is 5.91 Å². The normalized spacial score (nSPS) is 10.4. The lowest BCUT2D eigenvalue weighted by Gasteiger charge is -2.24. The number of carbonyl (C=O) groups is 1. The van der Waals surface area contributed by atoms with E-state index in [1.807, 2.05) is 6.92 Å². The molecule has 6 nitrogen and oxygen atoms in total. The zero-order valence-corrected chi connectivity index (χ0v) is 12.9. The monoisotopic (exact) mass is 296 g/mol. The van der Waals surface area contributed by atoms with Gasteiger partial charge in [0.05, 0.1) is 19.8 Å². The number of nitrogens with zero attached hydrogens (tertiary/aromatic N) is 1. The first kappa shape index (κ1) is 17.3. The maximum atomic E-state index is 12.7. The fourth-order valence-corrected chi connectivity index (χ4v) is 1.93. The summed E-state index contributed by atoms with van der Waals surface area (Å²) in [7, 11) is 3.20. The molecule has 0 fully saturated rings. The first-order chi connectivity index (χ1) is 10.2. The lowest BCUT2D eigenvalue weighted by atomic mass is 10.1. The molecule has 0 aliphatic rings. The molecule has 0 saturated heterocycles. The summed E-state index contributed by atoms with van der Waals surface area (Å²) < 4.78 is 15.6. The van der Waals surface area contributed by atoms with Crippen LogP contribution in [-0.2, 0) is 9.47 Å². The fourth-order valence-electron chi connectivity index (χ4n) is 1.93. The van der Waals surface area contributed by atoms with Gasteiger partial charge in [-0.1, -0.05) is 6.07 Å². The van der Waals surface area contributed by atoms with Crippen LogP contribution in [0.25, 0.3) is 0 Å². The van der Waals surface area contributed by atoms with Crippen molar-refractivity contribution in [2.75, 3.05) is 52.9 Å². The summed E-state index contributed by atoms with van der Waals surface area (Å²) >= 11 is 0. The number of ether oxygens (including phenoxy) is 3. The van der Waals surface area contributed by atoms with Gasteiger partial charge in [0, 0.05) is 33.0 Å². The lowest BCUT2D eigenvalue weighted by Crippen LogP contribution is -2.37. The van der Waals surface area contributed by atoms with Gasteiger partial charge in [-0.3, -0.25) is 4.79 Å². The Labute approximate surface area is 125 Å². The molecule has 0 aromatic heterocycles. The van der Waals surface area contributed by atoms with Crippen molar-refractivity contribution in [3.63, 3.8) is 0 Å². The largest absolute Gasteiger partial charge is 0.493 e. The van der Waals surface area contributed by atoms with Crippen LogP contribution in [0.1, 0.15) is 17.3 Å². The lowest BCUT2D eigenvalue weighted by molar-refractivity contribution is 0.0624. The van der Waals surface area contributed by atoms with E-state index in [1.165, 1.54) is 0 Å². The van der Waals surface area contributed by atoms with E-state index < -0.39 is 0 Å². The molecule has 0 radical (unpaired) electrons. The number of carbonyl (C=O) groups excluding carboxylic acids is 1. The van der Waals surface area contributed by atoms with E-state index >= 15 is 0 Å². The van der Waals surface area contributed by atoms with Crippen molar-refractivity contribution >= 4 is 11.6 Å². The minimum atomic E-state index is -0.175. The van der Waals surface area contributed by atoms with Crippen molar-refractivity contribution < 1.29 is 19.0 Å². The number of benzene rings is 1. The number of amides is 1. The molecule has 0 bridgehead atoms. The van der Waals surface area contributed by atoms with Crippen LogP contribution in [-0.4, -0.2) is 57.9 Å². The first-order valence-electron chi connectivity index (χ1n) is 6.94. The van der Waals surface area contributed by atoms with Crippen LogP contribution in [0.5, 0.6) is 5.75 Å². The molecule has 21 heavy (non-hydrogen) atoms. The smallest absolute Gasteiger partial charge is 0.259 e. The molecule has 1 amide bonds. The molecule has 0 aliphatic carbocycles. The number of methoxy groups -OCH3 is 2. The van der Waals surface area contributed by atoms with Crippen LogP contribution >= 0.6 is 0 Å². The van der Waals surface area contributed by atoms with Crippen LogP contribution in [0.2, 0.25) is 0 Å². The highest BCUT2D eigenvalue weighted by Crippen LogP contribution is 2.26. The molecule has 1 aromatic carbocycles. The minimum Gasteiger partial charge on any atom is -0.493 e. The van der Waals surface area contributed by atoms with Crippen LogP contribution in [0.3, 0.4) is 0 Å². The summed E-state index contributed by atoms with van der Waals surface area (Å²) in [5.74, 6) is 0.327. The van der Waals surface area contributed by atoms with E-state index in [-0.39, 0.29) is 5.91 Å². The van der Waals surface area contributed by atoms with E-state index in [0.717, 1.165) is 0 Å². The maximum absolute atomic E-state index is 12.7.